The lowest BCUT2D eigenvalue weighted by molar-refractivity contribution is -0.139. The van der Waals surface area contributed by atoms with Gasteiger partial charge in [-0.05, 0) is 36.4 Å². The van der Waals surface area contributed by atoms with Crippen molar-refractivity contribution in [1.82, 2.24) is 0 Å². The van der Waals surface area contributed by atoms with Gasteiger partial charge in [-0.15, -0.1) is 0 Å². The third-order valence-corrected chi connectivity index (χ3v) is 5.10. The summed E-state index contributed by atoms with van der Waals surface area (Å²) < 4.78 is 27.6. The molecule has 0 fully saturated rings. The molecule has 0 radical (unpaired) electrons. The molecule has 0 aromatic heterocycles. The Balaban J connectivity index is 1.55. The van der Waals surface area contributed by atoms with Gasteiger partial charge in [-0.2, -0.15) is 0 Å². The van der Waals surface area contributed by atoms with Crippen LogP contribution in [0.2, 0.25) is 0 Å². The molecule has 36 heavy (non-hydrogen) atoms. The van der Waals surface area contributed by atoms with Gasteiger partial charge >= 0.3 is 11.9 Å². The molecule has 0 unspecified atom stereocenters. The van der Waals surface area contributed by atoms with Crippen molar-refractivity contribution in [2.45, 2.75) is 0 Å². The Kier molecular flexibility index (Phi) is 7.87. The second kappa shape index (κ2) is 11.6. The quantitative estimate of drug-likeness (QED) is 0.156. The summed E-state index contributed by atoms with van der Waals surface area (Å²) in [5.74, 6) is 1.30. The molecule has 0 spiro atoms. The maximum Gasteiger partial charge on any atom is 0.330 e. The van der Waals surface area contributed by atoms with Crippen molar-refractivity contribution in [1.29, 1.82) is 0 Å². The van der Waals surface area contributed by atoms with Gasteiger partial charge in [-0.1, -0.05) is 31.4 Å². The number of esters is 2. The smallest absolute Gasteiger partial charge is 0.330 e. The van der Waals surface area contributed by atoms with Crippen LogP contribution in [0, 0.1) is 0 Å². The van der Waals surface area contributed by atoms with Gasteiger partial charge in [0, 0.05) is 30.0 Å². The summed E-state index contributed by atoms with van der Waals surface area (Å²) in [6.45, 7) is 7.31. The second-order valence-corrected chi connectivity index (χ2v) is 7.47. The van der Waals surface area contributed by atoms with Gasteiger partial charge < -0.3 is 28.6 Å². The summed E-state index contributed by atoms with van der Waals surface area (Å²) in [5.41, 5.74) is 2.63. The average molecular weight is 488 g/mol. The number of hydrogen-bond acceptors (Lipinski definition) is 8. The lowest BCUT2D eigenvalue weighted by Crippen LogP contribution is -2.16. The SMILES string of the molecule is C=CC(=O)OCCOc1ccc2c(c1)Oc1cc(OCCOC(=O)C=C)ccc1N2c1ccccc1. The first kappa shape index (κ1) is 24.4. The van der Waals surface area contributed by atoms with E-state index in [0.717, 1.165) is 29.2 Å². The minimum Gasteiger partial charge on any atom is -0.490 e. The number of hydrogen-bond donors (Lipinski definition) is 0. The number of anilines is 3. The molecular weight excluding hydrogens is 462 g/mol. The number of fused-ring (bicyclic) bond motifs is 2. The van der Waals surface area contributed by atoms with Gasteiger partial charge in [0.25, 0.3) is 0 Å². The van der Waals surface area contributed by atoms with Crippen LogP contribution in [0.25, 0.3) is 0 Å². The molecule has 8 heteroatoms. The zero-order valence-electron chi connectivity index (χ0n) is 19.6. The highest BCUT2D eigenvalue weighted by molar-refractivity contribution is 5.87. The highest BCUT2D eigenvalue weighted by atomic mass is 16.6. The van der Waals surface area contributed by atoms with Crippen LogP contribution in [-0.2, 0) is 19.1 Å². The molecule has 4 rings (SSSR count). The highest BCUT2D eigenvalue weighted by Crippen LogP contribution is 2.52. The van der Waals surface area contributed by atoms with Crippen LogP contribution >= 0.6 is 0 Å². The fourth-order valence-electron chi connectivity index (χ4n) is 3.53. The van der Waals surface area contributed by atoms with E-state index in [0.29, 0.717) is 23.0 Å². The van der Waals surface area contributed by atoms with E-state index in [1.54, 1.807) is 12.1 Å². The molecule has 0 aliphatic carbocycles. The maximum absolute atomic E-state index is 11.2. The van der Waals surface area contributed by atoms with Crippen molar-refractivity contribution < 1.29 is 33.3 Å². The fourth-order valence-corrected chi connectivity index (χ4v) is 3.53. The number of carbonyl (C=O) groups is 2. The zero-order valence-corrected chi connectivity index (χ0v) is 19.6. The van der Waals surface area contributed by atoms with Crippen molar-refractivity contribution in [2.24, 2.45) is 0 Å². The Morgan fingerprint density at radius 2 is 1.22 bits per heavy atom. The second-order valence-electron chi connectivity index (χ2n) is 7.47. The molecule has 0 bridgehead atoms. The molecule has 1 aliphatic rings. The van der Waals surface area contributed by atoms with Gasteiger partial charge in [0.15, 0.2) is 11.5 Å². The van der Waals surface area contributed by atoms with E-state index in [4.69, 9.17) is 23.7 Å². The third kappa shape index (κ3) is 5.85. The van der Waals surface area contributed by atoms with Crippen molar-refractivity contribution in [3.63, 3.8) is 0 Å². The van der Waals surface area contributed by atoms with Crippen LogP contribution in [0.3, 0.4) is 0 Å². The molecule has 1 aliphatic heterocycles. The number of benzene rings is 3. The minimum atomic E-state index is -0.501. The van der Waals surface area contributed by atoms with Gasteiger partial charge in [0.05, 0.1) is 11.4 Å². The topological polar surface area (TPSA) is 83.5 Å². The molecule has 0 saturated heterocycles. The lowest BCUT2D eigenvalue weighted by atomic mass is 10.1. The normalized spacial score (nSPS) is 11.3. The number of rotatable bonds is 11. The number of nitrogens with zero attached hydrogens (tertiary/aromatic N) is 1. The van der Waals surface area contributed by atoms with E-state index in [1.165, 1.54) is 0 Å². The molecular formula is C28H25NO7. The van der Waals surface area contributed by atoms with Crippen molar-refractivity contribution >= 4 is 29.0 Å². The first-order valence-electron chi connectivity index (χ1n) is 11.2. The molecule has 3 aromatic rings. The van der Waals surface area contributed by atoms with Crippen LogP contribution < -0.4 is 19.1 Å². The summed E-state index contributed by atoms with van der Waals surface area (Å²) in [6, 6.07) is 21.0. The van der Waals surface area contributed by atoms with Crippen LogP contribution in [-0.4, -0.2) is 38.4 Å². The van der Waals surface area contributed by atoms with Crippen LogP contribution in [0.4, 0.5) is 17.1 Å². The lowest BCUT2D eigenvalue weighted by Gasteiger charge is -2.33. The molecule has 3 aromatic carbocycles. The summed E-state index contributed by atoms with van der Waals surface area (Å²) >= 11 is 0. The standard InChI is InChI=1S/C28H25NO7/c1-3-27(30)34-16-14-32-21-10-12-23-25(18-21)36-26-19-22(33-15-17-35-28(31)4-2)11-13-24(26)29(23)20-8-6-5-7-9-20/h3-13,18-19H,1-2,14-17H2. The van der Waals surface area contributed by atoms with Gasteiger partial charge in [-0.3, -0.25) is 0 Å². The van der Waals surface area contributed by atoms with Gasteiger partial charge in [0.1, 0.15) is 37.9 Å². The Hall–Kier alpha value is -4.72. The summed E-state index contributed by atoms with van der Waals surface area (Å²) in [6.07, 6.45) is 2.21. The first-order valence-corrected chi connectivity index (χ1v) is 11.2. The predicted molar refractivity (Wildman–Crippen MR) is 135 cm³/mol. The molecule has 0 atom stereocenters. The first-order chi connectivity index (χ1) is 17.6. The largest absolute Gasteiger partial charge is 0.490 e. The third-order valence-electron chi connectivity index (χ3n) is 5.10. The fraction of sp³-hybridized carbons (Fsp3) is 0.143. The van der Waals surface area contributed by atoms with Crippen molar-refractivity contribution in [2.75, 3.05) is 31.3 Å². The summed E-state index contributed by atoms with van der Waals surface area (Å²) in [7, 11) is 0. The highest BCUT2D eigenvalue weighted by Gasteiger charge is 2.27. The van der Waals surface area contributed by atoms with E-state index < -0.39 is 11.9 Å². The van der Waals surface area contributed by atoms with E-state index in [1.807, 2.05) is 54.6 Å². The van der Waals surface area contributed by atoms with E-state index >= 15 is 0 Å². The van der Waals surface area contributed by atoms with Gasteiger partial charge in [0.2, 0.25) is 0 Å². The molecule has 0 saturated carbocycles. The Bertz CT molecular complexity index is 1180. The molecule has 0 amide bonds. The van der Waals surface area contributed by atoms with E-state index in [9.17, 15) is 9.59 Å². The van der Waals surface area contributed by atoms with Gasteiger partial charge in [-0.25, -0.2) is 9.59 Å². The maximum atomic E-state index is 11.2. The molecule has 184 valence electrons. The monoisotopic (exact) mass is 487 g/mol. The molecule has 1 heterocycles. The number of carbonyl (C=O) groups excluding carboxylic acids is 2. The van der Waals surface area contributed by atoms with E-state index in [2.05, 4.69) is 18.1 Å². The van der Waals surface area contributed by atoms with Crippen LogP contribution in [0.1, 0.15) is 0 Å². The van der Waals surface area contributed by atoms with Crippen molar-refractivity contribution in [3.05, 3.63) is 92.0 Å². The Morgan fingerprint density at radius 3 is 1.69 bits per heavy atom. The number of para-hydroxylation sites is 1. The Morgan fingerprint density at radius 1 is 0.722 bits per heavy atom. The molecule has 8 nitrogen and oxygen atoms in total. The molecule has 0 N–H and O–H groups in total. The van der Waals surface area contributed by atoms with Crippen LogP contribution in [0.5, 0.6) is 23.0 Å². The zero-order chi connectivity index (χ0) is 25.3. The van der Waals surface area contributed by atoms with Crippen molar-refractivity contribution in [3.8, 4) is 23.0 Å². The number of ether oxygens (including phenoxy) is 5. The summed E-state index contributed by atoms with van der Waals surface area (Å²) in [4.78, 5) is 24.5. The van der Waals surface area contributed by atoms with Crippen LogP contribution in [0.15, 0.2) is 92.0 Å². The predicted octanol–water partition coefficient (Wildman–Crippen LogP) is 5.48. The Labute approximate surface area is 208 Å². The average Bonchev–Trinajstić information content (AvgIpc) is 2.92. The van der Waals surface area contributed by atoms with E-state index in [-0.39, 0.29) is 26.4 Å². The summed E-state index contributed by atoms with van der Waals surface area (Å²) in [5, 5.41) is 0. The minimum absolute atomic E-state index is 0.102.